The molecule has 8 heteroatoms. The SMILES string of the molecule is CCC1Oc2ccc(NS(=O)(=O)c3ccccc3)cc2CN(Cc2ccccc2Cl)C1=O. The van der Waals surface area contributed by atoms with Crippen molar-refractivity contribution in [2.75, 3.05) is 4.72 Å². The molecule has 166 valence electrons. The van der Waals surface area contributed by atoms with E-state index in [2.05, 4.69) is 4.72 Å². The van der Waals surface area contributed by atoms with Crippen molar-refractivity contribution in [3.63, 3.8) is 0 Å². The minimum absolute atomic E-state index is 0.130. The van der Waals surface area contributed by atoms with Gasteiger partial charge in [0, 0.05) is 29.4 Å². The highest BCUT2D eigenvalue weighted by molar-refractivity contribution is 7.92. The maximum Gasteiger partial charge on any atom is 0.264 e. The Balaban J connectivity index is 1.64. The topological polar surface area (TPSA) is 75.7 Å². The van der Waals surface area contributed by atoms with E-state index in [1.807, 2.05) is 25.1 Å². The molecule has 0 aromatic heterocycles. The number of nitrogens with one attached hydrogen (secondary N) is 1. The average molecular weight is 471 g/mol. The Kier molecular flexibility index (Phi) is 6.39. The molecule has 0 spiro atoms. The van der Waals surface area contributed by atoms with Crippen LogP contribution < -0.4 is 9.46 Å². The van der Waals surface area contributed by atoms with E-state index in [1.54, 1.807) is 47.4 Å². The smallest absolute Gasteiger partial charge is 0.264 e. The van der Waals surface area contributed by atoms with Gasteiger partial charge in [0.15, 0.2) is 6.10 Å². The number of fused-ring (bicyclic) bond motifs is 1. The van der Waals surface area contributed by atoms with E-state index >= 15 is 0 Å². The predicted molar refractivity (Wildman–Crippen MR) is 124 cm³/mol. The fourth-order valence-corrected chi connectivity index (χ4v) is 4.88. The zero-order chi connectivity index (χ0) is 22.7. The summed E-state index contributed by atoms with van der Waals surface area (Å²) in [5, 5.41) is 0.586. The monoisotopic (exact) mass is 470 g/mol. The van der Waals surface area contributed by atoms with Gasteiger partial charge in [-0.3, -0.25) is 9.52 Å². The van der Waals surface area contributed by atoms with E-state index < -0.39 is 16.1 Å². The zero-order valence-electron chi connectivity index (χ0n) is 17.5. The van der Waals surface area contributed by atoms with Crippen molar-refractivity contribution in [1.82, 2.24) is 4.90 Å². The maximum absolute atomic E-state index is 13.1. The zero-order valence-corrected chi connectivity index (χ0v) is 19.1. The number of halogens is 1. The van der Waals surface area contributed by atoms with Gasteiger partial charge in [0.1, 0.15) is 5.75 Å². The van der Waals surface area contributed by atoms with Crippen LogP contribution in [0.5, 0.6) is 5.75 Å². The third-order valence-corrected chi connectivity index (χ3v) is 7.04. The molecule has 1 heterocycles. The van der Waals surface area contributed by atoms with Gasteiger partial charge >= 0.3 is 0 Å². The van der Waals surface area contributed by atoms with E-state index in [1.165, 1.54) is 12.1 Å². The minimum Gasteiger partial charge on any atom is -0.480 e. The third-order valence-electron chi connectivity index (χ3n) is 5.27. The van der Waals surface area contributed by atoms with E-state index in [-0.39, 0.29) is 17.3 Å². The largest absolute Gasteiger partial charge is 0.480 e. The normalized spacial score (nSPS) is 16.1. The molecule has 3 aromatic rings. The second kappa shape index (κ2) is 9.22. The standard InChI is InChI=1S/C24H23ClN2O4S/c1-2-22-24(28)27(15-17-8-6-7-11-21(17)25)16-18-14-19(12-13-23(18)31-22)26-32(29,30)20-9-4-3-5-10-20/h3-14,22,26H,2,15-16H2,1H3. The molecule has 4 rings (SSSR count). The van der Waals surface area contributed by atoms with Crippen molar-refractivity contribution in [2.24, 2.45) is 0 Å². The molecule has 3 aromatic carbocycles. The molecule has 0 aliphatic carbocycles. The minimum atomic E-state index is -3.73. The van der Waals surface area contributed by atoms with Gasteiger partial charge in [-0.15, -0.1) is 0 Å². The molecular weight excluding hydrogens is 448 g/mol. The molecular formula is C24H23ClN2O4S. The second-order valence-electron chi connectivity index (χ2n) is 7.54. The Morgan fingerprint density at radius 2 is 1.78 bits per heavy atom. The number of ether oxygens (including phenoxy) is 1. The van der Waals surface area contributed by atoms with E-state index in [4.69, 9.17) is 16.3 Å². The van der Waals surface area contributed by atoms with Gasteiger partial charge in [-0.2, -0.15) is 0 Å². The van der Waals surface area contributed by atoms with Gasteiger partial charge in [0.25, 0.3) is 15.9 Å². The van der Waals surface area contributed by atoms with E-state index in [9.17, 15) is 13.2 Å². The van der Waals surface area contributed by atoms with Crippen molar-refractivity contribution in [2.45, 2.75) is 37.4 Å². The molecule has 1 aliphatic rings. The molecule has 0 saturated carbocycles. The Morgan fingerprint density at radius 1 is 1.06 bits per heavy atom. The number of hydrogen-bond acceptors (Lipinski definition) is 4. The van der Waals surface area contributed by atoms with Crippen LogP contribution in [0.15, 0.2) is 77.7 Å². The Hall–Kier alpha value is -3.03. The summed E-state index contributed by atoms with van der Waals surface area (Å²) in [4.78, 5) is 15.0. The molecule has 1 aliphatic heterocycles. The van der Waals surface area contributed by atoms with Gasteiger partial charge in [-0.05, 0) is 48.4 Å². The number of carbonyl (C=O) groups is 1. The fraction of sp³-hybridized carbons (Fsp3) is 0.208. The fourth-order valence-electron chi connectivity index (χ4n) is 3.61. The van der Waals surface area contributed by atoms with E-state index in [0.717, 1.165) is 11.1 Å². The Bertz CT molecular complexity index is 1230. The summed E-state index contributed by atoms with van der Waals surface area (Å²) in [5.74, 6) is 0.435. The number of carbonyl (C=O) groups excluding carboxylic acids is 1. The number of benzene rings is 3. The van der Waals surface area contributed by atoms with Crippen LogP contribution in [0.4, 0.5) is 5.69 Å². The van der Waals surface area contributed by atoms with E-state index in [0.29, 0.717) is 29.4 Å². The van der Waals surface area contributed by atoms with Crippen molar-refractivity contribution >= 4 is 33.2 Å². The highest BCUT2D eigenvalue weighted by atomic mass is 35.5. The summed E-state index contributed by atoms with van der Waals surface area (Å²) < 4.78 is 34.0. The summed E-state index contributed by atoms with van der Waals surface area (Å²) >= 11 is 6.31. The van der Waals surface area contributed by atoms with Crippen LogP contribution in [0.25, 0.3) is 0 Å². The number of sulfonamides is 1. The van der Waals surface area contributed by atoms with Crippen LogP contribution in [-0.2, 0) is 27.9 Å². The van der Waals surface area contributed by atoms with Gasteiger partial charge in [0.05, 0.1) is 4.90 Å². The number of nitrogens with zero attached hydrogens (tertiary/aromatic N) is 1. The lowest BCUT2D eigenvalue weighted by Gasteiger charge is -2.23. The molecule has 1 N–H and O–H groups in total. The van der Waals surface area contributed by atoms with Crippen LogP contribution in [0.3, 0.4) is 0 Å². The van der Waals surface area contributed by atoms with Crippen molar-refractivity contribution < 1.29 is 17.9 Å². The molecule has 0 saturated heterocycles. The lowest BCUT2D eigenvalue weighted by Crippen LogP contribution is -2.38. The van der Waals surface area contributed by atoms with Crippen LogP contribution in [-0.4, -0.2) is 25.3 Å². The van der Waals surface area contributed by atoms with Crippen LogP contribution in [0.1, 0.15) is 24.5 Å². The highest BCUT2D eigenvalue weighted by Crippen LogP contribution is 2.31. The Labute approximate surface area is 192 Å². The molecule has 0 fully saturated rings. The lowest BCUT2D eigenvalue weighted by molar-refractivity contribution is -0.139. The summed E-state index contributed by atoms with van der Waals surface area (Å²) in [6.07, 6.45) is -0.106. The number of hydrogen-bond donors (Lipinski definition) is 1. The summed E-state index contributed by atoms with van der Waals surface area (Å²) in [6.45, 7) is 2.50. The first kappa shape index (κ1) is 22.2. The summed E-state index contributed by atoms with van der Waals surface area (Å²) in [7, 11) is -3.73. The molecule has 1 atom stereocenters. The number of rotatable bonds is 6. The maximum atomic E-state index is 13.1. The van der Waals surface area contributed by atoms with Crippen molar-refractivity contribution in [3.05, 3.63) is 88.9 Å². The molecule has 32 heavy (non-hydrogen) atoms. The first-order chi connectivity index (χ1) is 15.4. The quantitative estimate of drug-likeness (QED) is 0.559. The average Bonchev–Trinajstić information content (AvgIpc) is 2.92. The lowest BCUT2D eigenvalue weighted by atomic mass is 10.1. The first-order valence-electron chi connectivity index (χ1n) is 10.3. The van der Waals surface area contributed by atoms with Crippen molar-refractivity contribution in [1.29, 1.82) is 0 Å². The molecule has 0 bridgehead atoms. The van der Waals surface area contributed by atoms with Gasteiger partial charge in [-0.25, -0.2) is 8.42 Å². The molecule has 1 unspecified atom stereocenters. The summed E-state index contributed by atoms with van der Waals surface area (Å²) in [5.41, 5.74) is 1.95. The second-order valence-corrected chi connectivity index (χ2v) is 9.63. The van der Waals surface area contributed by atoms with Gasteiger partial charge < -0.3 is 9.64 Å². The third kappa shape index (κ3) is 4.74. The van der Waals surface area contributed by atoms with Crippen molar-refractivity contribution in [3.8, 4) is 5.75 Å². The van der Waals surface area contributed by atoms with Gasteiger partial charge in [-0.1, -0.05) is 54.9 Å². The van der Waals surface area contributed by atoms with Crippen LogP contribution in [0.2, 0.25) is 5.02 Å². The summed E-state index contributed by atoms with van der Waals surface area (Å²) in [6, 6.07) is 20.6. The van der Waals surface area contributed by atoms with Crippen LogP contribution >= 0.6 is 11.6 Å². The first-order valence-corrected chi connectivity index (χ1v) is 12.1. The predicted octanol–water partition coefficient (Wildman–Crippen LogP) is 4.84. The van der Waals surface area contributed by atoms with Gasteiger partial charge in [0.2, 0.25) is 0 Å². The Morgan fingerprint density at radius 3 is 2.50 bits per heavy atom. The number of amides is 1. The number of anilines is 1. The molecule has 6 nitrogen and oxygen atoms in total. The molecule has 0 radical (unpaired) electrons. The molecule has 1 amide bonds. The highest BCUT2D eigenvalue weighted by Gasteiger charge is 2.30. The van der Waals surface area contributed by atoms with Crippen LogP contribution in [0, 0.1) is 0 Å².